The molecule has 1 amide bonds. The maximum atomic E-state index is 12.7. The minimum absolute atomic E-state index is 0.0431. The highest BCUT2D eigenvalue weighted by molar-refractivity contribution is 5.78. The summed E-state index contributed by atoms with van der Waals surface area (Å²) in [7, 11) is 1.80. The summed E-state index contributed by atoms with van der Waals surface area (Å²) >= 11 is 0. The fraction of sp³-hybridized carbons (Fsp3) is 0.316. The summed E-state index contributed by atoms with van der Waals surface area (Å²) in [6, 6.07) is 11.9. The lowest BCUT2D eigenvalue weighted by Gasteiger charge is -2.16. The number of amides is 1. The van der Waals surface area contributed by atoms with Crippen molar-refractivity contribution in [2.75, 3.05) is 32.0 Å². The molecule has 7 nitrogen and oxygen atoms in total. The number of carbonyl (C=O) groups is 1. The van der Waals surface area contributed by atoms with Gasteiger partial charge in [0.2, 0.25) is 5.91 Å². The maximum Gasteiger partial charge on any atom is 0.416 e. The van der Waals surface area contributed by atoms with Gasteiger partial charge in [-0.2, -0.15) is 13.2 Å². The molecule has 0 heterocycles. The SMILES string of the molecule is CN(CC(=O)NCCNc1ccc(C(F)(F)F)cc1[N+](=O)[O-])Cc1ccccc1. The highest BCUT2D eigenvalue weighted by Crippen LogP contribution is 2.34. The van der Waals surface area contributed by atoms with Crippen molar-refractivity contribution in [1.29, 1.82) is 0 Å². The average Bonchev–Trinajstić information content (AvgIpc) is 2.65. The zero-order valence-corrected chi connectivity index (χ0v) is 15.7. The summed E-state index contributed by atoms with van der Waals surface area (Å²) in [6.45, 7) is 1.05. The van der Waals surface area contributed by atoms with Crippen LogP contribution in [0.25, 0.3) is 0 Å². The third kappa shape index (κ3) is 7.07. The van der Waals surface area contributed by atoms with Crippen LogP contribution in [-0.4, -0.2) is 42.4 Å². The second-order valence-electron chi connectivity index (χ2n) is 6.42. The van der Waals surface area contributed by atoms with Crippen molar-refractivity contribution in [3.05, 3.63) is 69.8 Å². The normalized spacial score (nSPS) is 11.3. The second-order valence-corrected chi connectivity index (χ2v) is 6.42. The van der Waals surface area contributed by atoms with Gasteiger partial charge in [0.15, 0.2) is 0 Å². The molecule has 0 fully saturated rings. The van der Waals surface area contributed by atoms with Gasteiger partial charge in [0, 0.05) is 25.7 Å². The van der Waals surface area contributed by atoms with E-state index in [9.17, 15) is 28.1 Å². The lowest BCUT2D eigenvalue weighted by atomic mass is 10.1. The number of nitrogens with one attached hydrogen (secondary N) is 2. The van der Waals surface area contributed by atoms with Crippen molar-refractivity contribution in [3.8, 4) is 0 Å². The monoisotopic (exact) mass is 410 g/mol. The number of nitro benzene ring substituents is 1. The number of likely N-dealkylation sites (N-methyl/N-ethyl adjacent to an activating group) is 1. The van der Waals surface area contributed by atoms with Crippen LogP contribution in [0.5, 0.6) is 0 Å². The summed E-state index contributed by atoms with van der Waals surface area (Å²) in [5.41, 5.74) is -0.740. The Bertz CT molecular complexity index is 844. The first-order chi connectivity index (χ1) is 13.7. The van der Waals surface area contributed by atoms with Crippen molar-refractivity contribution in [2.24, 2.45) is 0 Å². The Hall–Kier alpha value is -3.14. The molecule has 156 valence electrons. The van der Waals surface area contributed by atoms with E-state index in [0.29, 0.717) is 12.6 Å². The van der Waals surface area contributed by atoms with Crippen LogP contribution < -0.4 is 10.6 Å². The Balaban J connectivity index is 1.81. The molecule has 0 atom stereocenters. The van der Waals surface area contributed by atoms with Gasteiger partial charge in [-0.1, -0.05) is 30.3 Å². The number of alkyl halides is 3. The van der Waals surface area contributed by atoms with Gasteiger partial charge >= 0.3 is 6.18 Å². The minimum Gasteiger partial charge on any atom is -0.378 e. The molecule has 0 bridgehead atoms. The molecule has 0 radical (unpaired) electrons. The summed E-state index contributed by atoms with van der Waals surface area (Å²) in [4.78, 5) is 24.0. The Morgan fingerprint density at radius 1 is 1.14 bits per heavy atom. The van der Waals surface area contributed by atoms with Gasteiger partial charge in [0.1, 0.15) is 5.69 Å². The van der Waals surface area contributed by atoms with Gasteiger partial charge in [-0.05, 0) is 24.7 Å². The number of hydrogen-bond donors (Lipinski definition) is 2. The van der Waals surface area contributed by atoms with E-state index < -0.39 is 22.4 Å². The predicted octanol–water partition coefficient (Wildman–Crippen LogP) is 3.27. The van der Waals surface area contributed by atoms with E-state index in [0.717, 1.165) is 17.7 Å². The Morgan fingerprint density at radius 2 is 1.83 bits per heavy atom. The molecule has 29 heavy (non-hydrogen) atoms. The predicted molar refractivity (Wildman–Crippen MR) is 102 cm³/mol. The van der Waals surface area contributed by atoms with Crippen LogP contribution in [0, 0.1) is 10.1 Å². The summed E-state index contributed by atoms with van der Waals surface area (Å²) in [5.74, 6) is -0.229. The quantitative estimate of drug-likeness (QED) is 0.376. The molecule has 2 aromatic rings. The molecule has 0 aromatic heterocycles. The van der Waals surface area contributed by atoms with Crippen LogP contribution in [0.3, 0.4) is 0 Å². The molecule has 0 unspecified atom stereocenters. The minimum atomic E-state index is -4.66. The molecule has 2 rings (SSSR count). The molecule has 0 saturated heterocycles. The van der Waals surface area contributed by atoms with Crippen LogP contribution in [0.2, 0.25) is 0 Å². The zero-order valence-electron chi connectivity index (χ0n) is 15.7. The van der Waals surface area contributed by atoms with E-state index >= 15 is 0 Å². The standard InChI is InChI=1S/C19H21F3N4O3/c1-25(12-14-5-3-2-4-6-14)13-18(27)24-10-9-23-16-8-7-15(19(20,21)22)11-17(16)26(28)29/h2-8,11,23H,9-10,12-13H2,1H3,(H,24,27). The maximum absolute atomic E-state index is 12.7. The van der Waals surface area contributed by atoms with Crippen molar-refractivity contribution in [1.82, 2.24) is 10.2 Å². The third-order valence-corrected chi connectivity index (χ3v) is 3.99. The first-order valence-electron chi connectivity index (χ1n) is 8.75. The van der Waals surface area contributed by atoms with Crippen LogP contribution in [0.1, 0.15) is 11.1 Å². The molecule has 0 aliphatic heterocycles. The van der Waals surface area contributed by atoms with Crippen molar-refractivity contribution in [2.45, 2.75) is 12.7 Å². The molecule has 2 N–H and O–H groups in total. The molecule has 0 aliphatic carbocycles. The number of nitrogens with zero attached hydrogens (tertiary/aromatic N) is 2. The van der Waals surface area contributed by atoms with E-state index in [1.807, 2.05) is 35.2 Å². The number of rotatable bonds is 9. The van der Waals surface area contributed by atoms with Crippen molar-refractivity contribution in [3.63, 3.8) is 0 Å². The Labute approximate surface area is 165 Å². The fourth-order valence-electron chi connectivity index (χ4n) is 2.66. The van der Waals surface area contributed by atoms with Crippen molar-refractivity contribution < 1.29 is 22.9 Å². The summed E-state index contributed by atoms with van der Waals surface area (Å²) in [6.07, 6.45) is -4.66. The van der Waals surface area contributed by atoms with E-state index in [1.165, 1.54) is 0 Å². The highest BCUT2D eigenvalue weighted by atomic mass is 19.4. The van der Waals surface area contributed by atoms with Crippen LogP contribution in [0.15, 0.2) is 48.5 Å². The van der Waals surface area contributed by atoms with Gasteiger partial charge < -0.3 is 10.6 Å². The second kappa shape index (κ2) is 9.87. The van der Waals surface area contributed by atoms with Crippen LogP contribution in [-0.2, 0) is 17.5 Å². The van der Waals surface area contributed by atoms with Gasteiger partial charge in [-0.25, -0.2) is 0 Å². The molecule has 2 aromatic carbocycles. The smallest absolute Gasteiger partial charge is 0.378 e. The summed E-state index contributed by atoms with van der Waals surface area (Å²) < 4.78 is 38.1. The van der Waals surface area contributed by atoms with E-state index in [2.05, 4.69) is 10.6 Å². The largest absolute Gasteiger partial charge is 0.416 e. The van der Waals surface area contributed by atoms with E-state index in [1.54, 1.807) is 7.05 Å². The summed E-state index contributed by atoms with van der Waals surface area (Å²) in [5, 5.41) is 16.4. The van der Waals surface area contributed by atoms with E-state index in [4.69, 9.17) is 0 Å². The Kier molecular flexibility index (Phi) is 7.54. The van der Waals surface area contributed by atoms with Gasteiger partial charge in [-0.15, -0.1) is 0 Å². The van der Waals surface area contributed by atoms with Crippen LogP contribution in [0.4, 0.5) is 24.5 Å². The first kappa shape index (κ1) is 22.2. The third-order valence-electron chi connectivity index (χ3n) is 3.99. The number of anilines is 1. The van der Waals surface area contributed by atoms with Gasteiger partial charge in [-0.3, -0.25) is 19.8 Å². The van der Waals surface area contributed by atoms with Gasteiger partial charge in [0.25, 0.3) is 5.69 Å². The van der Waals surface area contributed by atoms with Crippen LogP contribution >= 0.6 is 0 Å². The van der Waals surface area contributed by atoms with Gasteiger partial charge in [0.05, 0.1) is 17.0 Å². The molecular formula is C19H21F3N4O3. The molecule has 0 aliphatic rings. The average molecular weight is 410 g/mol. The topological polar surface area (TPSA) is 87.5 Å². The first-order valence-corrected chi connectivity index (χ1v) is 8.75. The molecule has 0 saturated carbocycles. The molecule has 0 spiro atoms. The zero-order chi connectivity index (χ0) is 21.4. The van der Waals surface area contributed by atoms with E-state index in [-0.39, 0.29) is 31.2 Å². The number of hydrogen-bond acceptors (Lipinski definition) is 5. The molecule has 10 heteroatoms. The molecular weight excluding hydrogens is 389 g/mol. The number of carbonyl (C=O) groups excluding carboxylic acids is 1. The number of halogens is 3. The lowest BCUT2D eigenvalue weighted by molar-refractivity contribution is -0.384. The Morgan fingerprint density at radius 3 is 2.45 bits per heavy atom. The number of nitro groups is 1. The lowest BCUT2D eigenvalue weighted by Crippen LogP contribution is -2.37. The van der Waals surface area contributed by atoms with Crippen molar-refractivity contribution >= 4 is 17.3 Å². The highest BCUT2D eigenvalue weighted by Gasteiger charge is 2.32. The number of benzene rings is 2. The fourth-order valence-corrected chi connectivity index (χ4v) is 2.66.